The van der Waals surface area contributed by atoms with Crippen LogP contribution in [0, 0.1) is 6.92 Å². The number of rotatable bonds is 4. The Morgan fingerprint density at radius 3 is 2.72 bits per heavy atom. The highest BCUT2D eigenvalue weighted by Gasteiger charge is 2.28. The van der Waals surface area contributed by atoms with Gasteiger partial charge in [-0.1, -0.05) is 35.0 Å². The van der Waals surface area contributed by atoms with Crippen molar-refractivity contribution in [2.24, 2.45) is 0 Å². The Hall–Kier alpha value is -2.19. The van der Waals surface area contributed by atoms with Gasteiger partial charge in [-0.05, 0) is 19.8 Å². The predicted molar refractivity (Wildman–Crippen MR) is 93.6 cm³/mol. The lowest BCUT2D eigenvalue weighted by molar-refractivity contribution is 0.0661. The van der Waals surface area contributed by atoms with E-state index in [1.807, 2.05) is 31.2 Å². The maximum absolute atomic E-state index is 12.6. The third-order valence-corrected chi connectivity index (χ3v) is 4.92. The summed E-state index contributed by atoms with van der Waals surface area (Å²) < 4.78 is 30.6. The number of carbonyl (C=O) groups is 1. The molecule has 2 aromatic rings. The normalized spacial score (nSPS) is 18.3. The van der Waals surface area contributed by atoms with Crippen LogP contribution in [0.5, 0.6) is 0 Å². The van der Waals surface area contributed by atoms with Gasteiger partial charge in [0.2, 0.25) is 15.8 Å². The molecule has 2 heterocycles. The first kappa shape index (κ1) is 17.6. The summed E-state index contributed by atoms with van der Waals surface area (Å²) in [6.07, 6.45) is 2.57. The second-order valence-electron chi connectivity index (χ2n) is 6.42. The summed E-state index contributed by atoms with van der Waals surface area (Å²) in [6.45, 7) is 2.90. The molecule has 8 heteroatoms. The topological polar surface area (TPSA) is 92.5 Å². The van der Waals surface area contributed by atoms with Crippen molar-refractivity contribution in [3.05, 3.63) is 41.7 Å². The van der Waals surface area contributed by atoms with Crippen molar-refractivity contribution in [3.63, 3.8) is 0 Å². The number of nitrogens with zero attached hydrogens (tertiary/aromatic N) is 2. The van der Waals surface area contributed by atoms with E-state index in [1.165, 1.54) is 0 Å². The van der Waals surface area contributed by atoms with Crippen molar-refractivity contribution < 1.29 is 17.7 Å². The number of carbonyl (C=O) groups excluding carboxylic acids is 1. The lowest BCUT2D eigenvalue weighted by Crippen LogP contribution is -2.49. The highest BCUT2D eigenvalue weighted by atomic mass is 32.2. The molecule has 25 heavy (non-hydrogen) atoms. The minimum Gasteiger partial charge on any atom is -0.350 e. The molecule has 1 aromatic heterocycles. The lowest BCUT2D eigenvalue weighted by atomic mass is 10.1. The minimum atomic E-state index is -3.30. The Labute approximate surface area is 147 Å². The first-order chi connectivity index (χ1) is 11.8. The molecule has 0 aliphatic carbocycles. The van der Waals surface area contributed by atoms with Crippen molar-refractivity contribution in [3.8, 4) is 11.3 Å². The van der Waals surface area contributed by atoms with E-state index in [0.717, 1.165) is 23.8 Å². The SMILES string of the molecule is Cc1ccc(-c2cc(C(=O)N3CCCC(NS(C)(=O)=O)C3)on2)cc1. The van der Waals surface area contributed by atoms with Crippen LogP contribution in [0.3, 0.4) is 0 Å². The molecule has 1 aliphatic heterocycles. The quantitative estimate of drug-likeness (QED) is 0.894. The molecule has 1 aromatic carbocycles. The van der Waals surface area contributed by atoms with Gasteiger partial charge in [-0.2, -0.15) is 0 Å². The number of sulfonamides is 1. The van der Waals surface area contributed by atoms with Gasteiger partial charge in [-0.15, -0.1) is 0 Å². The molecule has 0 spiro atoms. The first-order valence-corrected chi connectivity index (χ1v) is 10.0. The largest absolute Gasteiger partial charge is 0.350 e. The highest BCUT2D eigenvalue weighted by Crippen LogP contribution is 2.21. The van der Waals surface area contributed by atoms with Crippen molar-refractivity contribution in [2.75, 3.05) is 19.3 Å². The second kappa shape index (κ2) is 6.97. The van der Waals surface area contributed by atoms with Gasteiger partial charge in [0.25, 0.3) is 5.91 Å². The summed E-state index contributed by atoms with van der Waals surface area (Å²) in [5, 5.41) is 3.98. The van der Waals surface area contributed by atoms with Crippen LogP contribution in [-0.4, -0.2) is 49.8 Å². The zero-order valence-electron chi connectivity index (χ0n) is 14.2. The van der Waals surface area contributed by atoms with Crippen molar-refractivity contribution in [1.82, 2.24) is 14.8 Å². The van der Waals surface area contributed by atoms with Gasteiger partial charge in [0.15, 0.2) is 0 Å². The summed E-state index contributed by atoms with van der Waals surface area (Å²) in [4.78, 5) is 14.2. The van der Waals surface area contributed by atoms with Crippen LogP contribution < -0.4 is 4.72 Å². The van der Waals surface area contributed by atoms with E-state index in [-0.39, 0.29) is 17.7 Å². The number of piperidine rings is 1. The van der Waals surface area contributed by atoms with E-state index < -0.39 is 10.0 Å². The highest BCUT2D eigenvalue weighted by molar-refractivity contribution is 7.88. The number of nitrogens with one attached hydrogen (secondary N) is 1. The second-order valence-corrected chi connectivity index (χ2v) is 8.20. The molecule has 1 fully saturated rings. The Balaban J connectivity index is 1.71. The molecule has 134 valence electrons. The number of likely N-dealkylation sites (tertiary alicyclic amines) is 1. The molecule has 0 saturated carbocycles. The molecule has 1 aliphatic rings. The van der Waals surface area contributed by atoms with Gasteiger partial charge in [-0.25, -0.2) is 13.1 Å². The smallest absolute Gasteiger partial charge is 0.292 e. The number of aryl methyl sites for hydroxylation is 1. The first-order valence-electron chi connectivity index (χ1n) is 8.12. The van der Waals surface area contributed by atoms with E-state index in [2.05, 4.69) is 9.88 Å². The zero-order valence-corrected chi connectivity index (χ0v) is 15.0. The Morgan fingerprint density at radius 2 is 2.04 bits per heavy atom. The fourth-order valence-electron chi connectivity index (χ4n) is 2.95. The fourth-order valence-corrected chi connectivity index (χ4v) is 3.75. The molecular weight excluding hydrogens is 342 g/mol. The summed E-state index contributed by atoms with van der Waals surface area (Å²) in [7, 11) is -3.30. The standard InChI is InChI=1S/C17H21N3O4S/c1-12-5-7-13(8-6-12)15-10-16(24-18-15)17(21)20-9-3-4-14(11-20)19-25(2,22)23/h5-8,10,14,19H,3-4,9,11H2,1-2H3. The molecule has 1 saturated heterocycles. The molecule has 3 rings (SSSR count). The summed E-state index contributed by atoms with van der Waals surface area (Å²) >= 11 is 0. The van der Waals surface area contributed by atoms with E-state index in [9.17, 15) is 13.2 Å². The van der Waals surface area contributed by atoms with Gasteiger partial charge in [0, 0.05) is 30.8 Å². The van der Waals surface area contributed by atoms with Crippen LogP contribution >= 0.6 is 0 Å². The average Bonchev–Trinajstić information content (AvgIpc) is 3.03. The van der Waals surface area contributed by atoms with Gasteiger partial charge in [-0.3, -0.25) is 4.79 Å². The number of benzene rings is 1. The number of amides is 1. The van der Waals surface area contributed by atoms with E-state index in [0.29, 0.717) is 25.2 Å². The van der Waals surface area contributed by atoms with Crippen LogP contribution in [0.15, 0.2) is 34.9 Å². The molecule has 0 bridgehead atoms. The number of hydrogen-bond acceptors (Lipinski definition) is 5. The van der Waals surface area contributed by atoms with Gasteiger partial charge in [0.1, 0.15) is 5.69 Å². The molecule has 1 N–H and O–H groups in total. The Kier molecular flexibility index (Phi) is 4.91. The molecule has 0 radical (unpaired) electrons. The van der Waals surface area contributed by atoms with Crippen LogP contribution in [0.25, 0.3) is 11.3 Å². The van der Waals surface area contributed by atoms with Crippen molar-refractivity contribution in [1.29, 1.82) is 0 Å². The van der Waals surface area contributed by atoms with Crippen LogP contribution in [0.4, 0.5) is 0 Å². The molecule has 1 unspecified atom stereocenters. The summed E-state index contributed by atoms with van der Waals surface area (Å²) in [6, 6.07) is 9.14. The van der Waals surface area contributed by atoms with E-state index in [1.54, 1.807) is 11.0 Å². The third kappa shape index (κ3) is 4.46. The lowest BCUT2D eigenvalue weighted by Gasteiger charge is -2.32. The minimum absolute atomic E-state index is 0.163. The van der Waals surface area contributed by atoms with Crippen molar-refractivity contribution >= 4 is 15.9 Å². The molecular formula is C17H21N3O4S. The monoisotopic (exact) mass is 363 g/mol. The fraction of sp³-hybridized carbons (Fsp3) is 0.412. The number of hydrogen-bond donors (Lipinski definition) is 1. The maximum atomic E-state index is 12.6. The molecule has 7 nitrogen and oxygen atoms in total. The average molecular weight is 363 g/mol. The van der Waals surface area contributed by atoms with Gasteiger partial charge in [0.05, 0.1) is 6.26 Å². The maximum Gasteiger partial charge on any atom is 0.292 e. The van der Waals surface area contributed by atoms with Crippen molar-refractivity contribution in [2.45, 2.75) is 25.8 Å². The van der Waals surface area contributed by atoms with Gasteiger partial charge < -0.3 is 9.42 Å². The van der Waals surface area contributed by atoms with Crippen LogP contribution in [0.1, 0.15) is 29.0 Å². The van der Waals surface area contributed by atoms with Crippen LogP contribution in [-0.2, 0) is 10.0 Å². The number of aromatic nitrogens is 1. The summed E-state index contributed by atoms with van der Waals surface area (Å²) in [5.41, 5.74) is 2.62. The third-order valence-electron chi connectivity index (χ3n) is 4.16. The van der Waals surface area contributed by atoms with Gasteiger partial charge >= 0.3 is 0 Å². The Morgan fingerprint density at radius 1 is 1.32 bits per heavy atom. The zero-order chi connectivity index (χ0) is 18.0. The van der Waals surface area contributed by atoms with Crippen LogP contribution in [0.2, 0.25) is 0 Å². The Bertz CT molecular complexity index is 858. The molecule has 1 atom stereocenters. The van der Waals surface area contributed by atoms with E-state index >= 15 is 0 Å². The molecule has 1 amide bonds. The summed E-state index contributed by atoms with van der Waals surface area (Å²) in [5.74, 6) is -0.110. The predicted octanol–water partition coefficient (Wildman–Crippen LogP) is 1.80. The van der Waals surface area contributed by atoms with E-state index in [4.69, 9.17) is 4.52 Å².